The number of carbonyl (C=O) groups excluding carboxylic acids is 1. The minimum Gasteiger partial charge on any atom is -0.449 e. The van der Waals surface area contributed by atoms with Gasteiger partial charge in [0.25, 0.3) is 0 Å². The summed E-state index contributed by atoms with van der Waals surface area (Å²) in [5.41, 5.74) is 3.34. The molecule has 2 aromatic carbocycles. The molecule has 6 heteroatoms. The van der Waals surface area contributed by atoms with Gasteiger partial charge in [0, 0.05) is 12.1 Å². The molecule has 0 aliphatic carbocycles. The zero-order valence-corrected chi connectivity index (χ0v) is 21.3. The van der Waals surface area contributed by atoms with E-state index >= 15 is 0 Å². The van der Waals surface area contributed by atoms with Gasteiger partial charge >= 0.3 is 5.97 Å². The molecule has 2 aliphatic rings. The van der Waals surface area contributed by atoms with Crippen molar-refractivity contribution in [2.75, 3.05) is 13.1 Å². The van der Waals surface area contributed by atoms with Crippen molar-refractivity contribution in [2.24, 2.45) is 0 Å². The average Bonchev–Trinajstić information content (AvgIpc) is 3.03. The van der Waals surface area contributed by atoms with Crippen molar-refractivity contribution >= 4 is 16.0 Å². The normalized spacial score (nSPS) is 21.3. The monoisotopic (exact) mass is 469 g/mol. The van der Waals surface area contributed by atoms with Gasteiger partial charge in [0.2, 0.25) is 10.0 Å². The molecule has 178 valence electrons. The van der Waals surface area contributed by atoms with Gasteiger partial charge in [-0.05, 0) is 53.4 Å². The quantitative estimate of drug-likeness (QED) is 0.511. The van der Waals surface area contributed by atoms with Gasteiger partial charge in [0.15, 0.2) is 5.60 Å². The summed E-state index contributed by atoms with van der Waals surface area (Å²) in [6, 6.07) is 11.5. The number of carbonyl (C=O) groups is 1. The smallest absolute Gasteiger partial charge is 0.339 e. The molecule has 1 unspecified atom stereocenters. The molecule has 2 aliphatic heterocycles. The Balaban J connectivity index is 1.83. The van der Waals surface area contributed by atoms with E-state index < -0.39 is 15.6 Å². The van der Waals surface area contributed by atoms with Crippen molar-refractivity contribution in [3.63, 3.8) is 0 Å². The van der Waals surface area contributed by atoms with E-state index in [9.17, 15) is 13.2 Å². The standard InChI is InChI=1S/C27H35NO4S/c1-17(2)20-14-22(18(3)4)25(23(15-20)19(5)6)33(30,31)28-13-9-12-27(16-28)24-11-8-7-10-21(24)26(29)32-27/h7-8,10-11,14-15,17-19H,9,12-13,16H2,1-6H3. The Kier molecular flexibility index (Phi) is 6.21. The van der Waals surface area contributed by atoms with Crippen LogP contribution in [0.2, 0.25) is 0 Å². The van der Waals surface area contributed by atoms with E-state index in [1.165, 1.54) is 0 Å². The van der Waals surface area contributed by atoms with Crippen LogP contribution >= 0.6 is 0 Å². The second-order valence-electron chi connectivity index (χ2n) is 10.4. The van der Waals surface area contributed by atoms with Gasteiger partial charge in [-0.3, -0.25) is 0 Å². The maximum atomic E-state index is 14.2. The summed E-state index contributed by atoms with van der Waals surface area (Å²) in [7, 11) is -3.80. The number of ether oxygens (including phenoxy) is 1. The van der Waals surface area contributed by atoms with Gasteiger partial charge in [-0.15, -0.1) is 0 Å². The van der Waals surface area contributed by atoms with E-state index in [1.54, 1.807) is 10.4 Å². The third kappa shape index (κ3) is 4.01. The van der Waals surface area contributed by atoms with Crippen LogP contribution in [0.15, 0.2) is 41.3 Å². The summed E-state index contributed by atoms with van der Waals surface area (Å²) in [5.74, 6) is 0.0748. The Hall–Kier alpha value is -2.18. The zero-order valence-electron chi connectivity index (χ0n) is 20.5. The summed E-state index contributed by atoms with van der Waals surface area (Å²) in [5, 5.41) is 0. The number of hydrogen-bond donors (Lipinski definition) is 0. The van der Waals surface area contributed by atoms with Crippen LogP contribution in [-0.2, 0) is 20.4 Å². The number of esters is 1. The number of hydrogen-bond acceptors (Lipinski definition) is 4. The molecule has 2 heterocycles. The minimum atomic E-state index is -3.80. The van der Waals surface area contributed by atoms with Crippen LogP contribution in [-0.4, -0.2) is 31.8 Å². The van der Waals surface area contributed by atoms with Crippen LogP contribution in [0, 0.1) is 0 Å². The highest BCUT2D eigenvalue weighted by Gasteiger charge is 2.50. The van der Waals surface area contributed by atoms with Crippen molar-refractivity contribution < 1.29 is 17.9 Å². The number of benzene rings is 2. The molecule has 1 saturated heterocycles. The Morgan fingerprint density at radius 3 is 2.12 bits per heavy atom. The topological polar surface area (TPSA) is 63.7 Å². The summed E-state index contributed by atoms with van der Waals surface area (Å²) in [4.78, 5) is 13.0. The fourth-order valence-corrected chi connectivity index (χ4v) is 7.35. The lowest BCUT2D eigenvalue weighted by Gasteiger charge is -2.39. The summed E-state index contributed by atoms with van der Waals surface area (Å²) < 4.78 is 35.9. The van der Waals surface area contributed by atoms with Crippen LogP contribution in [0.1, 0.15) is 105 Å². The fourth-order valence-electron chi connectivity index (χ4n) is 5.15. The molecule has 4 rings (SSSR count). The SMILES string of the molecule is CC(C)c1cc(C(C)C)c(S(=O)(=O)N2CCCC3(C2)OC(=O)c2ccccc23)c(C(C)C)c1. The average molecular weight is 470 g/mol. The van der Waals surface area contributed by atoms with Crippen LogP contribution in [0.3, 0.4) is 0 Å². The molecular formula is C27H35NO4S. The maximum absolute atomic E-state index is 14.2. The molecular weight excluding hydrogens is 434 g/mol. The molecule has 0 saturated carbocycles. The van der Waals surface area contributed by atoms with Crippen molar-refractivity contribution in [3.05, 3.63) is 64.2 Å². The molecule has 5 nitrogen and oxygen atoms in total. The Morgan fingerprint density at radius 1 is 0.939 bits per heavy atom. The van der Waals surface area contributed by atoms with E-state index in [-0.39, 0.29) is 24.3 Å². The number of nitrogens with zero attached hydrogens (tertiary/aromatic N) is 1. The maximum Gasteiger partial charge on any atom is 0.339 e. The van der Waals surface area contributed by atoms with Crippen molar-refractivity contribution in [2.45, 2.75) is 82.6 Å². The predicted molar refractivity (Wildman–Crippen MR) is 130 cm³/mol. The van der Waals surface area contributed by atoms with Crippen molar-refractivity contribution in [3.8, 4) is 0 Å². The largest absolute Gasteiger partial charge is 0.449 e. The van der Waals surface area contributed by atoms with Crippen LogP contribution < -0.4 is 0 Å². The van der Waals surface area contributed by atoms with E-state index in [0.29, 0.717) is 35.8 Å². The first-order valence-corrected chi connectivity index (χ1v) is 13.4. The number of rotatable bonds is 5. The molecule has 2 aromatic rings. The Morgan fingerprint density at radius 2 is 1.55 bits per heavy atom. The highest BCUT2D eigenvalue weighted by Crippen LogP contribution is 2.45. The molecule has 0 N–H and O–H groups in total. The molecule has 1 fully saturated rings. The first-order chi connectivity index (χ1) is 15.5. The lowest BCUT2D eigenvalue weighted by Crippen LogP contribution is -2.49. The first kappa shape index (κ1) is 24.0. The summed E-state index contributed by atoms with van der Waals surface area (Å²) in [6.07, 6.45) is 1.26. The first-order valence-electron chi connectivity index (χ1n) is 12.0. The van der Waals surface area contributed by atoms with E-state index in [4.69, 9.17) is 4.74 Å². The molecule has 0 aromatic heterocycles. The summed E-state index contributed by atoms with van der Waals surface area (Å²) in [6.45, 7) is 13.1. The van der Waals surface area contributed by atoms with Crippen LogP contribution in [0.25, 0.3) is 0 Å². The second kappa shape index (κ2) is 8.55. The highest BCUT2D eigenvalue weighted by atomic mass is 32.2. The molecule has 33 heavy (non-hydrogen) atoms. The Bertz CT molecular complexity index is 1150. The zero-order chi connectivity index (χ0) is 24.1. The van der Waals surface area contributed by atoms with Gasteiger partial charge in [-0.1, -0.05) is 71.9 Å². The lowest BCUT2D eigenvalue weighted by atomic mass is 9.86. The predicted octanol–water partition coefficient (Wildman–Crippen LogP) is 5.91. The fraction of sp³-hybridized carbons (Fsp3) is 0.519. The minimum absolute atomic E-state index is 0.0646. The van der Waals surface area contributed by atoms with E-state index in [1.807, 2.05) is 18.2 Å². The second-order valence-corrected chi connectivity index (χ2v) is 12.2. The molecule has 0 amide bonds. The Labute approximate surface area is 198 Å². The summed E-state index contributed by atoms with van der Waals surface area (Å²) >= 11 is 0. The van der Waals surface area contributed by atoms with Gasteiger partial charge in [-0.25, -0.2) is 13.2 Å². The molecule has 1 spiro atoms. The van der Waals surface area contributed by atoms with Crippen molar-refractivity contribution in [1.29, 1.82) is 0 Å². The van der Waals surface area contributed by atoms with E-state index in [0.717, 1.165) is 22.3 Å². The van der Waals surface area contributed by atoms with E-state index in [2.05, 4.69) is 53.7 Å². The highest BCUT2D eigenvalue weighted by molar-refractivity contribution is 7.89. The number of sulfonamides is 1. The van der Waals surface area contributed by atoms with Crippen LogP contribution in [0.4, 0.5) is 0 Å². The number of fused-ring (bicyclic) bond motifs is 2. The number of piperidine rings is 1. The molecule has 0 radical (unpaired) electrons. The van der Waals surface area contributed by atoms with Gasteiger partial charge in [-0.2, -0.15) is 4.31 Å². The van der Waals surface area contributed by atoms with Gasteiger partial charge in [0.1, 0.15) is 0 Å². The van der Waals surface area contributed by atoms with Crippen molar-refractivity contribution in [1.82, 2.24) is 4.31 Å². The van der Waals surface area contributed by atoms with Gasteiger partial charge < -0.3 is 4.74 Å². The van der Waals surface area contributed by atoms with Gasteiger partial charge in [0.05, 0.1) is 17.0 Å². The third-order valence-electron chi connectivity index (χ3n) is 7.02. The molecule has 0 bridgehead atoms. The molecule has 1 atom stereocenters. The lowest BCUT2D eigenvalue weighted by molar-refractivity contribution is -0.0345. The van der Waals surface area contributed by atoms with Crippen LogP contribution in [0.5, 0.6) is 0 Å². The third-order valence-corrected chi connectivity index (χ3v) is 9.00.